The number of benzene rings is 1. The Hall–Kier alpha value is -0.860. The molecule has 106 valence electrons. The van der Waals surface area contributed by atoms with Gasteiger partial charge in [-0.25, -0.2) is 0 Å². The standard InChI is InChI=1S/C17H28N2/c1-14-8-6-7-11-16(14)17(18)12-13-19(2)15-9-4-3-5-10-15/h6-8,11,15,17H,3-5,9-10,12-13,18H2,1-2H3. The number of nitrogens with two attached hydrogens (primary N) is 1. The van der Waals surface area contributed by atoms with E-state index >= 15 is 0 Å². The topological polar surface area (TPSA) is 29.3 Å². The second-order valence-corrected chi connectivity index (χ2v) is 6.02. The molecular formula is C17H28N2. The Morgan fingerprint density at radius 2 is 1.89 bits per heavy atom. The zero-order chi connectivity index (χ0) is 13.7. The first-order valence-corrected chi connectivity index (χ1v) is 7.70. The van der Waals surface area contributed by atoms with E-state index in [1.54, 1.807) is 0 Å². The maximum atomic E-state index is 6.35. The summed E-state index contributed by atoms with van der Waals surface area (Å²) in [6.07, 6.45) is 8.02. The van der Waals surface area contributed by atoms with Gasteiger partial charge in [-0.05, 0) is 50.9 Å². The quantitative estimate of drug-likeness (QED) is 0.875. The molecule has 1 aliphatic carbocycles. The van der Waals surface area contributed by atoms with Gasteiger partial charge < -0.3 is 10.6 Å². The van der Waals surface area contributed by atoms with Crippen molar-refractivity contribution < 1.29 is 0 Å². The van der Waals surface area contributed by atoms with E-state index in [0.29, 0.717) is 0 Å². The van der Waals surface area contributed by atoms with Crippen LogP contribution in [0, 0.1) is 6.92 Å². The molecule has 1 aromatic rings. The SMILES string of the molecule is Cc1ccccc1C(N)CCN(C)C1CCCCC1. The van der Waals surface area contributed by atoms with Crippen LogP contribution in [0.5, 0.6) is 0 Å². The van der Waals surface area contributed by atoms with E-state index < -0.39 is 0 Å². The third-order valence-corrected chi connectivity index (χ3v) is 4.58. The number of hydrogen-bond donors (Lipinski definition) is 1. The Morgan fingerprint density at radius 3 is 2.58 bits per heavy atom. The van der Waals surface area contributed by atoms with Crippen molar-refractivity contribution in [2.24, 2.45) is 5.73 Å². The molecular weight excluding hydrogens is 232 g/mol. The number of hydrogen-bond acceptors (Lipinski definition) is 2. The molecule has 0 amide bonds. The molecule has 1 saturated carbocycles. The molecule has 19 heavy (non-hydrogen) atoms. The first-order valence-electron chi connectivity index (χ1n) is 7.70. The second-order valence-electron chi connectivity index (χ2n) is 6.02. The Bertz CT molecular complexity index is 383. The van der Waals surface area contributed by atoms with Crippen LogP contribution in [-0.2, 0) is 0 Å². The summed E-state index contributed by atoms with van der Waals surface area (Å²) in [5.74, 6) is 0. The summed E-state index contributed by atoms with van der Waals surface area (Å²) in [5.41, 5.74) is 8.97. The molecule has 0 aliphatic heterocycles. The average molecular weight is 260 g/mol. The lowest BCUT2D eigenvalue weighted by atomic mass is 9.94. The molecule has 0 spiro atoms. The fourth-order valence-electron chi connectivity index (χ4n) is 3.21. The van der Waals surface area contributed by atoms with Gasteiger partial charge in [-0.2, -0.15) is 0 Å². The molecule has 2 heteroatoms. The highest BCUT2D eigenvalue weighted by Crippen LogP contribution is 2.23. The van der Waals surface area contributed by atoms with Crippen LogP contribution < -0.4 is 5.73 Å². The highest BCUT2D eigenvalue weighted by molar-refractivity contribution is 5.28. The van der Waals surface area contributed by atoms with Gasteiger partial charge in [0.05, 0.1) is 0 Å². The molecule has 2 N–H and O–H groups in total. The summed E-state index contributed by atoms with van der Waals surface area (Å²) in [6.45, 7) is 3.26. The molecule has 0 heterocycles. The highest BCUT2D eigenvalue weighted by atomic mass is 15.1. The second kappa shape index (κ2) is 7.06. The molecule has 1 aliphatic rings. The number of aryl methyl sites for hydroxylation is 1. The molecule has 2 nitrogen and oxygen atoms in total. The summed E-state index contributed by atoms with van der Waals surface area (Å²) in [4.78, 5) is 2.53. The van der Waals surface area contributed by atoms with Crippen LogP contribution in [0.25, 0.3) is 0 Å². The van der Waals surface area contributed by atoms with Crippen molar-refractivity contribution in [2.75, 3.05) is 13.6 Å². The van der Waals surface area contributed by atoms with Crippen molar-refractivity contribution >= 4 is 0 Å². The normalized spacial score (nSPS) is 18.7. The maximum Gasteiger partial charge on any atom is 0.0309 e. The van der Waals surface area contributed by atoms with Crippen LogP contribution in [0.1, 0.15) is 55.7 Å². The van der Waals surface area contributed by atoms with E-state index in [1.807, 2.05) is 0 Å². The van der Waals surface area contributed by atoms with Gasteiger partial charge >= 0.3 is 0 Å². The van der Waals surface area contributed by atoms with Crippen LogP contribution in [0.4, 0.5) is 0 Å². The van der Waals surface area contributed by atoms with Gasteiger partial charge in [-0.3, -0.25) is 0 Å². The summed E-state index contributed by atoms with van der Waals surface area (Å²) in [7, 11) is 2.26. The molecule has 0 saturated heterocycles. The predicted octanol–water partition coefficient (Wildman–Crippen LogP) is 3.65. The van der Waals surface area contributed by atoms with Gasteiger partial charge in [0.15, 0.2) is 0 Å². The maximum absolute atomic E-state index is 6.35. The molecule has 2 rings (SSSR count). The van der Waals surface area contributed by atoms with Crippen LogP contribution >= 0.6 is 0 Å². The zero-order valence-electron chi connectivity index (χ0n) is 12.4. The lowest BCUT2D eigenvalue weighted by molar-refractivity contribution is 0.186. The van der Waals surface area contributed by atoms with E-state index in [-0.39, 0.29) is 6.04 Å². The monoisotopic (exact) mass is 260 g/mol. The van der Waals surface area contributed by atoms with Crippen LogP contribution in [0.2, 0.25) is 0 Å². The first-order chi connectivity index (χ1) is 9.18. The minimum atomic E-state index is 0.173. The lowest BCUT2D eigenvalue weighted by Crippen LogP contribution is -2.35. The van der Waals surface area contributed by atoms with Crippen LogP contribution in [0.3, 0.4) is 0 Å². The molecule has 0 bridgehead atoms. The van der Waals surface area contributed by atoms with Crippen LogP contribution in [0.15, 0.2) is 24.3 Å². The van der Waals surface area contributed by atoms with E-state index in [0.717, 1.165) is 19.0 Å². The number of nitrogens with zero attached hydrogens (tertiary/aromatic N) is 1. The fraction of sp³-hybridized carbons (Fsp3) is 0.647. The van der Waals surface area contributed by atoms with Crippen molar-refractivity contribution in [1.82, 2.24) is 4.90 Å². The first kappa shape index (κ1) is 14.5. The summed E-state index contributed by atoms with van der Waals surface area (Å²) >= 11 is 0. The molecule has 1 unspecified atom stereocenters. The van der Waals surface area contributed by atoms with Crippen molar-refractivity contribution in [3.05, 3.63) is 35.4 Å². The van der Waals surface area contributed by atoms with Gasteiger partial charge in [0.25, 0.3) is 0 Å². The Morgan fingerprint density at radius 1 is 1.21 bits per heavy atom. The van der Waals surface area contributed by atoms with E-state index in [9.17, 15) is 0 Å². The Labute approximate surface area is 118 Å². The molecule has 0 aromatic heterocycles. The van der Waals surface area contributed by atoms with Gasteiger partial charge in [-0.15, -0.1) is 0 Å². The van der Waals surface area contributed by atoms with Gasteiger partial charge in [0.2, 0.25) is 0 Å². The third kappa shape index (κ3) is 4.05. The number of rotatable bonds is 5. The molecule has 1 aromatic carbocycles. The minimum absolute atomic E-state index is 0.173. The fourth-order valence-corrected chi connectivity index (χ4v) is 3.21. The van der Waals surface area contributed by atoms with E-state index in [4.69, 9.17) is 5.73 Å². The van der Waals surface area contributed by atoms with Crippen LogP contribution in [-0.4, -0.2) is 24.5 Å². The smallest absolute Gasteiger partial charge is 0.0309 e. The average Bonchev–Trinajstić information content (AvgIpc) is 2.46. The summed E-state index contributed by atoms with van der Waals surface area (Å²) in [6, 6.07) is 9.46. The van der Waals surface area contributed by atoms with Crippen molar-refractivity contribution in [3.8, 4) is 0 Å². The largest absolute Gasteiger partial charge is 0.324 e. The van der Waals surface area contributed by atoms with E-state index in [2.05, 4.69) is 43.1 Å². The molecule has 1 fully saturated rings. The van der Waals surface area contributed by atoms with Crippen molar-refractivity contribution in [1.29, 1.82) is 0 Å². The zero-order valence-corrected chi connectivity index (χ0v) is 12.4. The third-order valence-electron chi connectivity index (χ3n) is 4.58. The van der Waals surface area contributed by atoms with Gasteiger partial charge in [0.1, 0.15) is 0 Å². The van der Waals surface area contributed by atoms with E-state index in [1.165, 1.54) is 43.2 Å². The Balaban J connectivity index is 1.82. The lowest BCUT2D eigenvalue weighted by Gasteiger charge is -2.32. The highest BCUT2D eigenvalue weighted by Gasteiger charge is 2.18. The summed E-state index contributed by atoms with van der Waals surface area (Å²) < 4.78 is 0. The molecule has 1 atom stereocenters. The summed E-state index contributed by atoms with van der Waals surface area (Å²) in [5, 5.41) is 0. The Kier molecular flexibility index (Phi) is 5.41. The van der Waals surface area contributed by atoms with Crippen molar-refractivity contribution in [2.45, 2.75) is 57.5 Å². The van der Waals surface area contributed by atoms with Gasteiger partial charge in [-0.1, -0.05) is 43.5 Å². The minimum Gasteiger partial charge on any atom is -0.324 e. The molecule has 0 radical (unpaired) electrons. The van der Waals surface area contributed by atoms with Gasteiger partial charge in [0, 0.05) is 12.1 Å². The predicted molar refractivity (Wildman–Crippen MR) is 82.2 cm³/mol. The van der Waals surface area contributed by atoms with Crippen molar-refractivity contribution in [3.63, 3.8) is 0 Å².